The Morgan fingerprint density at radius 2 is 0.419 bits per heavy atom. The Balaban J connectivity index is 0.796. The molecule has 0 fully saturated rings. The number of fused-ring (bicyclic) bond motifs is 3. The monoisotopic (exact) mass is 942 g/mol. The summed E-state index contributed by atoms with van der Waals surface area (Å²) in [6, 6.07) is 110. The van der Waals surface area contributed by atoms with E-state index in [0.29, 0.717) is 0 Å². The largest absolute Gasteiger partial charge is 0.311 e. The number of anilines is 3. The summed E-state index contributed by atoms with van der Waals surface area (Å²) < 4.78 is 2.42. The second-order valence-corrected chi connectivity index (χ2v) is 18.9. The van der Waals surface area contributed by atoms with Crippen LogP contribution in [0.15, 0.2) is 303 Å². The van der Waals surface area contributed by atoms with Crippen LogP contribution in [-0.4, -0.2) is 4.57 Å². The minimum Gasteiger partial charge on any atom is -0.311 e. The van der Waals surface area contributed by atoms with Crippen molar-refractivity contribution >= 4 is 38.9 Å². The predicted octanol–water partition coefficient (Wildman–Crippen LogP) is 19.9. The van der Waals surface area contributed by atoms with Crippen LogP contribution in [0.4, 0.5) is 17.1 Å². The van der Waals surface area contributed by atoms with E-state index in [2.05, 4.69) is 313 Å². The van der Waals surface area contributed by atoms with Crippen LogP contribution in [-0.2, 0) is 0 Å². The molecule has 74 heavy (non-hydrogen) atoms. The SMILES string of the molecule is c1ccc(-c2ccc(-c3ccc4c(c3)c3cc(-c5ccc(-c6ccccc6)cc5)ccc3n4-c3ccc(-c4ccc(-c5ccc(N(c6ccccc6)c6ccc(-c7ccccc7)cc6)cc5)cc4)cc3)cc2)cc1. The Labute approximate surface area is 433 Å². The molecule has 0 aliphatic heterocycles. The molecule has 0 bridgehead atoms. The van der Waals surface area contributed by atoms with E-state index in [1.165, 1.54) is 99.7 Å². The van der Waals surface area contributed by atoms with E-state index in [-0.39, 0.29) is 0 Å². The van der Waals surface area contributed by atoms with Crippen LogP contribution in [0.1, 0.15) is 0 Å². The van der Waals surface area contributed by atoms with Crippen LogP contribution in [0.3, 0.4) is 0 Å². The summed E-state index contributed by atoms with van der Waals surface area (Å²) in [6.45, 7) is 0. The van der Waals surface area contributed by atoms with E-state index in [1.54, 1.807) is 0 Å². The third-order valence-corrected chi connectivity index (χ3v) is 14.5. The minimum atomic E-state index is 1.11. The fourth-order valence-electron chi connectivity index (χ4n) is 10.6. The lowest BCUT2D eigenvalue weighted by molar-refractivity contribution is 1.18. The highest BCUT2D eigenvalue weighted by Crippen LogP contribution is 2.40. The zero-order chi connectivity index (χ0) is 49.2. The maximum Gasteiger partial charge on any atom is 0.0541 e. The van der Waals surface area contributed by atoms with Crippen molar-refractivity contribution in [2.45, 2.75) is 0 Å². The lowest BCUT2D eigenvalue weighted by Gasteiger charge is -2.26. The topological polar surface area (TPSA) is 8.17 Å². The molecular weight excluding hydrogens is 893 g/mol. The van der Waals surface area contributed by atoms with Gasteiger partial charge in [0.05, 0.1) is 11.0 Å². The molecule has 0 radical (unpaired) electrons. The van der Waals surface area contributed by atoms with Crippen molar-refractivity contribution in [3.63, 3.8) is 0 Å². The Hall–Kier alpha value is -9.76. The predicted molar refractivity (Wildman–Crippen MR) is 314 cm³/mol. The highest BCUT2D eigenvalue weighted by atomic mass is 15.1. The zero-order valence-electron chi connectivity index (χ0n) is 40.8. The maximum absolute atomic E-state index is 2.42. The first kappa shape index (κ1) is 44.2. The molecular formula is C72H50N2. The van der Waals surface area contributed by atoms with Gasteiger partial charge in [-0.3, -0.25) is 0 Å². The number of hydrogen-bond donors (Lipinski definition) is 0. The molecule has 12 aromatic carbocycles. The number of rotatable bonds is 11. The van der Waals surface area contributed by atoms with E-state index < -0.39 is 0 Å². The van der Waals surface area contributed by atoms with Crippen LogP contribution in [0.2, 0.25) is 0 Å². The third-order valence-electron chi connectivity index (χ3n) is 14.5. The first-order valence-electron chi connectivity index (χ1n) is 25.4. The summed E-state index contributed by atoms with van der Waals surface area (Å²) in [5.74, 6) is 0. The van der Waals surface area contributed by atoms with Gasteiger partial charge >= 0.3 is 0 Å². The average Bonchev–Trinajstić information content (AvgIpc) is 3.84. The van der Waals surface area contributed by atoms with Crippen LogP contribution < -0.4 is 4.90 Å². The lowest BCUT2D eigenvalue weighted by atomic mass is 9.97. The smallest absolute Gasteiger partial charge is 0.0541 e. The van der Waals surface area contributed by atoms with Gasteiger partial charge in [0.2, 0.25) is 0 Å². The summed E-state index contributed by atoms with van der Waals surface area (Å²) >= 11 is 0. The highest BCUT2D eigenvalue weighted by Gasteiger charge is 2.17. The number of benzene rings is 12. The van der Waals surface area contributed by atoms with Gasteiger partial charge in [0.25, 0.3) is 0 Å². The van der Waals surface area contributed by atoms with Gasteiger partial charge in [-0.2, -0.15) is 0 Å². The van der Waals surface area contributed by atoms with E-state index in [1.807, 2.05) is 0 Å². The molecule has 0 N–H and O–H groups in total. The standard InChI is InChI=1S/C72H50N2/c1-5-13-51(14-6-1)54-25-29-61(30-26-54)63-39-47-71-69(49-63)70-50-64(62-31-27-55(28-32-62)52-15-7-2-8-16-52)40-48-72(70)74(71)68-45-37-60(38-46-68)57-23-21-56(22-24-57)59-35-43-67(44-36-59)73(65-19-11-4-12-20-65)66-41-33-58(34-42-66)53-17-9-3-10-18-53/h1-50H. The van der Waals surface area contributed by atoms with Crippen molar-refractivity contribution in [2.75, 3.05) is 4.90 Å². The van der Waals surface area contributed by atoms with E-state index >= 15 is 0 Å². The van der Waals surface area contributed by atoms with Crippen LogP contribution in [0.25, 0.3) is 105 Å². The number of aromatic nitrogens is 1. The maximum atomic E-state index is 2.42. The minimum absolute atomic E-state index is 1.11. The van der Waals surface area contributed by atoms with Crippen LogP contribution in [0.5, 0.6) is 0 Å². The number of nitrogens with zero attached hydrogens (tertiary/aromatic N) is 2. The molecule has 1 aromatic heterocycles. The molecule has 0 spiro atoms. The molecule has 1 heterocycles. The van der Waals surface area contributed by atoms with E-state index in [4.69, 9.17) is 0 Å². The normalized spacial score (nSPS) is 11.2. The van der Waals surface area contributed by atoms with Gasteiger partial charge in [-0.05, 0) is 151 Å². The van der Waals surface area contributed by atoms with Crippen LogP contribution >= 0.6 is 0 Å². The Bertz CT molecular complexity index is 3870. The van der Waals surface area contributed by atoms with Gasteiger partial charge in [-0.25, -0.2) is 0 Å². The molecule has 0 amide bonds. The third kappa shape index (κ3) is 8.65. The van der Waals surface area contributed by atoms with Crippen LogP contribution in [0, 0.1) is 0 Å². The molecule has 0 unspecified atom stereocenters. The van der Waals surface area contributed by atoms with Crippen molar-refractivity contribution in [3.05, 3.63) is 303 Å². The fourth-order valence-corrected chi connectivity index (χ4v) is 10.6. The second-order valence-electron chi connectivity index (χ2n) is 18.9. The summed E-state index contributed by atoms with van der Waals surface area (Å²) in [5, 5.41) is 2.45. The van der Waals surface area contributed by atoms with Gasteiger partial charge in [-0.1, -0.05) is 231 Å². The molecule has 0 saturated heterocycles. The Kier molecular flexibility index (Phi) is 11.6. The molecule has 2 heteroatoms. The van der Waals surface area contributed by atoms with Crippen molar-refractivity contribution in [1.29, 1.82) is 0 Å². The Morgan fingerprint density at radius 3 is 0.743 bits per heavy atom. The molecule has 2 nitrogen and oxygen atoms in total. The molecule has 0 aliphatic rings. The van der Waals surface area contributed by atoms with E-state index in [0.717, 1.165) is 22.7 Å². The summed E-state index contributed by atoms with van der Waals surface area (Å²) in [5.41, 5.74) is 23.6. The summed E-state index contributed by atoms with van der Waals surface area (Å²) in [7, 11) is 0. The first-order valence-corrected chi connectivity index (χ1v) is 25.4. The fraction of sp³-hybridized carbons (Fsp3) is 0. The molecule has 13 rings (SSSR count). The van der Waals surface area contributed by atoms with Crippen molar-refractivity contribution in [2.24, 2.45) is 0 Å². The molecule has 0 atom stereocenters. The van der Waals surface area contributed by atoms with Crippen molar-refractivity contribution < 1.29 is 0 Å². The summed E-state index contributed by atoms with van der Waals surface area (Å²) in [4.78, 5) is 2.32. The Morgan fingerprint density at radius 1 is 0.189 bits per heavy atom. The molecule has 13 aromatic rings. The van der Waals surface area contributed by atoms with Gasteiger partial charge in [-0.15, -0.1) is 0 Å². The van der Waals surface area contributed by atoms with E-state index in [9.17, 15) is 0 Å². The quantitative estimate of drug-likeness (QED) is 0.125. The number of hydrogen-bond acceptors (Lipinski definition) is 1. The van der Waals surface area contributed by atoms with Gasteiger partial charge in [0.1, 0.15) is 0 Å². The van der Waals surface area contributed by atoms with Crippen molar-refractivity contribution in [3.8, 4) is 83.6 Å². The first-order chi connectivity index (χ1) is 36.7. The molecule has 0 aliphatic carbocycles. The second kappa shape index (κ2) is 19.4. The molecule has 0 saturated carbocycles. The lowest BCUT2D eigenvalue weighted by Crippen LogP contribution is -2.09. The van der Waals surface area contributed by atoms with Crippen molar-refractivity contribution in [1.82, 2.24) is 4.57 Å². The van der Waals surface area contributed by atoms with Gasteiger partial charge in [0, 0.05) is 33.5 Å². The highest BCUT2D eigenvalue weighted by molar-refractivity contribution is 6.11. The number of para-hydroxylation sites is 1. The molecule has 348 valence electrons. The average molecular weight is 943 g/mol. The summed E-state index contributed by atoms with van der Waals surface area (Å²) in [6.07, 6.45) is 0. The zero-order valence-corrected chi connectivity index (χ0v) is 40.8. The van der Waals surface area contributed by atoms with Gasteiger partial charge < -0.3 is 9.47 Å². The van der Waals surface area contributed by atoms with Gasteiger partial charge in [0.15, 0.2) is 0 Å².